The van der Waals surface area contributed by atoms with Crippen molar-refractivity contribution in [1.82, 2.24) is 5.32 Å². The van der Waals surface area contributed by atoms with Crippen LogP contribution in [0.2, 0.25) is 0 Å². The molecular weight excluding hydrogens is 268 g/mol. The molecule has 1 unspecified atom stereocenters. The lowest BCUT2D eigenvalue weighted by atomic mass is 9.86. The zero-order chi connectivity index (χ0) is 15.6. The predicted molar refractivity (Wildman–Crippen MR) is 81.6 cm³/mol. The van der Waals surface area contributed by atoms with Gasteiger partial charge >= 0.3 is 5.97 Å². The van der Waals surface area contributed by atoms with Gasteiger partial charge in [0.2, 0.25) is 0 Å². The summed E-state index contributed by atoms with van der Waals surface area (Å²) in [5.41, 5.74) is 1.96. The Morgan fingerprint density at radius 1 is 1.33 bits per heavy atom. The molecule has 0 bridgehead atoms. The number of benzene rings is 1. The Kier molecular flexibility index (Phi) is 4.21. The highest BCUT2D eigenvalue weighted by molar-refractivity contribution is 5.99. The topological polar surface area (TPSA) is 78.4 Å². The summed E-state index contributed by atoms with van der Waals surface area (Å²) in [6.07, 6.45) is 1.80. The number of hydrogen-bond acceptors (Lipinski definition) is 3. The van der Waals surface area contributed by atoms with Crippen molar-refractivity contribution in [1.29, 1.82) is 0 Å². The van der Waals surface area contributed by atoms with Crippen molar-refractivity contribution < 1.29 is 14.7 Å². The molecule has 1 aromatic rings. The van der Waals surface area contributed by atoms with Gasteiger partial charge in [-0.1, -0.05) is 26.8 Å². The van der Waals surface area contributed by atoms with Crippen LogP contribution >= 0.6 is 0 Å². The summed E-state index contributed by atoms with van der Waals surface area (Å²) >= 11 is 0. The number of anilines is 1. The first kappa shape index (κ1) is 15.4. The van der Waals surface area contributed by atoms with Crippen LogP contribution in [0.1, 0.15) is 43.1 Å². The van der Waals surface area contributed by atoms with Gasteiger partial charge in [0.1, 0.15) is 6.04 Å². The molecule has 114 valence electrons. The van der Waals surface area contributed by atoms with Gasteiger partial charge in [-0.25, -0.2) is 4.79 Å². The molecule has 0 spiro atoms. The van der Waals surface area contributed by atoms with E-state index in [9.17, 15) is 14.7 Å². The maximum atomic E-state index is 12.5. The van der Waals surface area contributed by atoms with Crippen molar-refractivity contribution in [2.75, 3.05) is 11.9 Å². The van der Waals surface area contributed by atoms with Gasteiger partial charge in [-0.15, -0.1) is 0 Å². The average molecular weight is 290 g/mol. The number of carbonyl (C=O) groups is 2. The Labute approximate surface area is 124 Å². The van der Waals surface area contributed by atoms with E-state index in [4.69, 9.17) is 0 Å². The molecule has 0 fully saturated rings. The van der Waals surface area contributed by atoms with E-state index in [2.05, 4.69) is 10.6 Å². The van der Waals surface area contributed by atoms with E-state index in [-0.39, 0.29) is 5.91 Å². The second-order valence-electron chi connectivity index (χ2n) is 6.47. The SMILES string of the molecule is CC(C)(C)C(NC(=O)c1cccc2c1CCCN2)C(=O)O. The van der Waals surface area contributed by atoms with Crippen LogP contribution in [-0.4, -0.2) is 29.6 Å². The molecule has 1 atom stereocenters. The molecule has 3 N–H and O–H groups in total. The van der Waals surface area contributed by atoms with Crippen LogP contribution in [0.3, 0.4) is 0 Å². The number of amides is 1. The zero-order valence-electron chi connectivity index (χ0n) is 12.7. The fourth-order valence-corrected chi connectivity index (χ4v) is 2.58. The molecule has 5 nitrogen and oxygen atoms in total. The number of aliphatic carboxylic acids is 1. The first-order chi connectivity index (χ1) is 9.80. The van der Waals surface area contributed by atoms with E-state index >= 15 is 0 Å². The Hall–Kier alpha value is -2.04. The van der Waals surface area contributed by atoms with E-state index in [1.165, 1.54) is 0 Å². The van der Waals surface area contributed by atoms with Crippen LogP contribution in [0, 0.1) is 5.41 Å². The normalized spacial score (nSPS) is 15.6. The van der Waals surface area contributed by atoms with Gasteiger partial charge in [0.15, 0.2) is 0 Å². The number of fused-ring (bicyclic) bond motifs is 1. The van der Waals surface area contributed by atoms with Gasteiger partial charge in [-0.3, -0.25) is 4.79 Å². The first-order valence-electron chi connectivity index (χ1n) is 7.20. The lowest BCUT2D eigenvalue weighted by molar-refractivity contribution is -0.142. The van der Waals surface area contributed by atoms with E-state index in [0.717, 1.165) is 30.6 Å². The lowest BCUT2D eigenvalue weighted by Gasteiger charge is -2.28. The summed E-state index contributed by atoms with van der Waals surface area (Å²) in [7, 11) is 0. The molecule has 0 radical (unpaired) electrons. The number of carboxylic acids is 1. The summed E-state index contributed by atoms with van der Waals surface area (Å²) < 4.78 is 0. The number of carbonyl (C=O) groups excluding carboxylic acids is 1. The molecule has 0 saturated carbocycles. The summed E-state index contributed by atoms with van der Waals surface area (Å²) in [5, 5.41) is 15.2. The largest absolute Gasteiger partial charge is 0.480 e. The molecule has 0 aromatic heterocycles. The van der Waals surface area contributed by atoms with Crippen molar-refractivity contribution in [2.45, 2.75) is 39.7 Å². The van der Waals surface area contributed by atoms with Crippen LogP contribution in [0.25, 0.3) is 0 Å². The monoisotopic (exact) mass is 290 g/mol. The summed E-state index contributed by atoms with van der Waals surface area (Å²) in [6, 6.07) is 4.60. The van der Waals surface area contributed by atoms with Crippen molar-refractivity contribution in [3.8, 4) is 0 Å². The minimum Gasteiger partial charge on any atom is -0.480 e. The van der Waals surface area contributed by atoms with Crippen molar-refractivity contribution >= 4 is 17.6 Å². The van der Waals surface area contributed by atoms with Crippen LogP contribution in [0.15, 0.2) is 18.2 Å². The van der Waals surface area contributed by atoms with Gasteiger partial charge in [-0.2, -0.15) is 0 Å². The van der Waals surface area contributed by atoms with Crippen LogP contribution in [0.5, 0.6) is 0 Å². The molecule has 1 amide bonds. The predicted octanol–water partition coefficient (Wildman–Crippen LogP) is 2.27. The fourth-order valence-electron chi connectivity index (χ4n) is 2.58. The van der Waals surface area contributed by atoms with Gasteiger partial charge in [0.25, 0.3) is 5.91 Å². The van der Waals surface area contributed by atoms with Gasteiger partial charge in [-0.05, 0) is 36.0 Å². The van der Waals surface area contributed by atoms with Crippen molar-refractivity contribution in [2.24, 2.45) is 5.41 Å². The molecule has 5 heteroatoms. The molecule has 1 aliphatic rings. The third-order valence-electron chi connectivity index (χ3n) is 3.73. The second-order valence-corrected chi connectivity index (χ2v) is 6.47. The summed E-state index contributed by atoms with van der Waals surface area (Å²) in [5.74, 6) is -1.34. The highest BCUT2D eigenvalue weighted by Crippen LogP contribution is 2.26. The quantitative estimate of drug-likeness (QED) is 0.798. The Morgan fingerprint density at radius 2 is 2.05 bits per heavy atom. The number of rotatable bonds is 3. The molecule has 1 aromatic carbocycles. The van der Waals surface area contributed by atoms with Crippen LogP contribution in [-0.2, 0) is 11.2 Å². The molecule has 0 aliphatic carbocycles. The van der Waals surface area contributed by atoms with Gasteiger partial charge in [0, 0.05) is 17.8 Å². The maximum Gasteiger partial charge on any atom is 0.326 e. The summed E-state index contributed by atoms with van der Waals surface area (Å²) in [4.78, 5) is 23.9. The first-order valence-corrected chi connectivity index (χ1v) is 7.20. The minimum atomic E-state index is -1.02. The number of hydrogen-bond donors (Lipinski definition) is 3. The van der Waals surface area contributed by atoms with Crippen LogP contribution in [0.4, 0.5) is 5.69 Å². The van der Waals surface area contributed by atoms with Gasteiger partial charge in [0.05, 0.1) is 0 Å². The highest BCUT2D eigenvalue weighted by Gasteiger charge is 2.33. The van der Waals surface area contributed by atoms with E-state index < -0.39 is 17.4 Å². The fraction of sp³-hybridized carbons (Fsp3) is 0.500. The Bertz CT molecular complexity index is 561. The minimum absolute atomic E-state index is 0.321. The third kappa shape index (κ3) is 3.35. The number of carboxylic acid groups (broad SMARTS) is 1. The van der Waals surface area contributed by atoms with E-state index in [1.54, 1.807) is 26.8 Å². The third-order valence-corrected chi connectivity index (χ3v) is 3.73. The number of nitrogens with one attached hydrogen (secondary N) is 2. The molecular formula is C16H22N2O3. The Balaban J connectivity index is 2.26. The maximum absolute atomic E-state index is 12.5. The molecule has 0 saturated heterocycles. The second kappa shape index (κ2) is 5.76. The molecule has 21 heavy (non-hydrogen) atoms. The zero-order valence-corrected chi connectivity index (χ0v) is 12.7. The van der Waals surface area contributed by atoms with Gasteiger partial charge < -0.3 is 15.7 Å². The van der Waals surface area contributed by atoms with E-state index in [0.29, 0.717) is 5.56 Å². The van der Waals surface area contributed by atoms with Crippen molar-refractivity contribution in [3.63, 3.8) is 0 Å². The standard InChI is InChI=1S/C16H22N2O3/c1-16(2,3)13(15(20)21)18-14(19)11-6-4-8-12-10(11)7-5-9-17-12/h4,6,8,13,17H,5,7,9H2,1-3H3,(H,18,19)(H,20,21). The molecule has 2 rings (SSSR count). The molecule has 1 aliphatic heterocycles. The Morgan fingerprint density at radius 3 is 2.67 bits per heavy atom. The van der Waals surface area contributed by atoms with Crippen molar-refractivity contribution in [3.05, 3.63) is 29.3 Å². The van der Waals surface area contributed by atoms with Crippen LogP contribution < -0.4 is 10.6 Å². The summed E-state index contributed by atoms with van der Waals surface area (Å²) in [6.45, 7) is 6.30. The highest BCUT2D eigenvalue weighted by atomic mass is 16.4. The average Bonchev–Trinajstić information content (AvgIpc) is 2.42. The van der Waals surface area contributed by atoms with E-state index in [1.807, 2.05) is 12.1 Å². The molecule has 1 heterocycles. The smallest absolute Gasteiger partial charge is 0.326 e. The lowest BCUT2D eigenvalue weighted by Crippen LogP contribution is -2.49.